The van der Waals surface area contributed by atoms with E-state index in [4.69, 9.17) is 0 Å². The molecule has 4 heteroatoms. The van der Waals surface area contributed by atoms with Gasteiger partial charge in [-0.2, -0.15) is 0 Å². The van der Waals surface area contributed by atoms with Crippen molar-refractivity contribution >= 4 is 5.95 Å². The van der Waals surface area contributed by atoms with Gasteiger partial charge >= 0.3 is 0 Å². The molecule has 4 nitrogen and oxygen atoms in total. The Morgan fingerprint density at radius 3 is 2.32 bits per heavy atom. The van der Waals surface area contributed by atoms with E-state index in [-0.39, 0.29) is 5.92 Å². The zero-order chi connectivity index (χ0) is 16.4. The molecule has 1 N–H and O–H groups in total. The van der Waals surface area contributed by atoms with Crippen LogP contribution in [-0.4, -0.2) is 36.1 Å². The number of piperazine rings is 1. The highest BCUT2D eigenvalue weighted by atomic mass is 15.3. The fourth-order valence-corrected chi connectivity index (χ4v) is 2.30. The lowest BCUT2D eigenvalue weighted by atomic mass is 9.95. The molecule has 0 spiro atoms. The third-order valence-electron chi connectivity index (χ3n) is 3.60. The summed E-state index contributed by atoms with van der Waals surface area (Å²) in [4.78, 5) is 11.2. The zero-order valence-corrected chi connectivity index (χ0v) is 14.0. The van der Waals surface area contributed by atoms with Crippen LogP contribution in [0, 0.1) is 0 Å². The molecule has 1 fully saturated rings. The van der Waals surface area contributed by atoms with Crippen molar-refractivity contribution in [3.63, 3.8) is 0 Å². The quantitative estimate of drug-likeness (QED) is 0.847. The summed E-state index contributed by atoms with van der Waals surface area (Å²) in [6, 6.07) is 0. The first-order valence-electron chi connectivity index (χ1n) is 7.99. The monoisotopic (exact) mass is 300 g/mol. The largest absolute Gasteiger partial charge is 0.338 e. The molecule has 1 aliphatic rings. The smallest absolute Gasteiger partial charge is 0.225 e. The Morgan fingerprint density at radius 2 is 1.82 bits per heavy atom. The first-order chi connectivity index (χ1) is 10.8. The highest BCUT2D eigenvalue weighted by Crippen LogP contribution is 2.24. The molecule has 1 aliphatic heterocycles. The first kappa shape index (κ1) is 18.1. The molecule has 2 rings (SSSR count). The van der Waals surface area contributed by atoms with E-state index >= 15 is 0 Å². The van der Waals surface area contributed by atoms with E-state index in [1.54, 1.807) is 6.08 Å². The molecule has 0 aliphatic carbocycles. The molecule has 1 atom stereocenters. The van der Waals surface area contributed by atoms with Crippen molar-refractivity contribution in [2.45, 2.75) is 26.7 Å². The second-order valence-electron chi connectivity index (χ2n) is 4.88. The van der Waals surface area contributed by atoms with Crippen LogP contribution in [0.5, 0.6) is 0 Å². The van der Waals surface area contributed by atoms with Gasteiger partial charge in [-0.15, -0.1) is 0 Å². The molecule has 0 radical (unpaired) electrons. The van der Waals surface area contributed by atoms with Crippen LogP contribution in [0.2, 0.25) is 0 Å². The number of nitrogens with one attached hydrogen (secondary N) is 1. The third-order valence-corrected chi connectivity index (χ3v) is 3.60. The van der Waals surface area contributed by atoms with Gasteiger partial charge in [0.2, 0.25) is 5.95 Å². The van der Waals surface area contributed by atoms with Crippen LogP contribution >= 0.6 is 0 Å². The molecular formula is C18H28N4. The molecule has 22 heavy (non-hydrogen) atoms. The third kappa shape index (κ3) is 4.81. The van der Waals surface area contributed by atoms with E-state index in [0.29, 0.717) is 0 Å². The lowest BCUT2D eigenvalue weighted by Gasteiger charge is -2.27. The van der Waals surface area contributed by atoms with Crippen LogP contribution in [-0.2, 0) is 0 Å². The molecule has 0 bridgehead atoms. The summed E-state index contributed by atoms with van der Waals surface area (Å²) in [5.74, 6) is 1.04. The lowest BCUT2D eigenvalue weighted by molar-refractivity contribution is 0.579. The number of allylic oxidation sites excluding steroid dienone is 4. The van der Waals surface area contributed by atoms with E-state index in [0.717, 1.165) is 43.3 Å². The number of anilines is 1. The Hall–Kier alpha value is -1.94. The summed E-state index contributed by atoms with van der Waals surface area (Å²) in [7, 11) is 0. The minimum absolute atomic E-state index is 0.225. The molecule has 0 amide bonds. The van der Waals surface area contributed by atoms with Gasteiger partial charge < -0.3 is 10.2 Å². The van der Waals surface area contributed by atoms with Crippen LogP contribution in [0.3, 0.4) is 0 Å². The van der Waals surface area contributed by atoms with Crippen molar-refractivity contribution in [1.29, 1.82) is 0 Å². The van der Waals surface area contributed by atoms with Crippen LogP contribution in [0.1, 0.15) is 32.3 Å². The molecule has 1 saturated heterocycles. The second kappa shape index (κ2) is 9.90. The lowest BCUT2D eigenvalue weighted by Crippen LogP contribution is -2.44. The Balaban J connectivity index is 0.00000116. The maximum Gasteiger partial charge on any atom is 0.225 e. The average Bonchev–Trinajstić information content (AvgIpc) is 2.62. The van der Waals surface area contributed by atoms with E-state index in [1.165, 1.54) is 0 Å². The fraction of sp³-hybridized carbons (Fsp3) is 0.444. The molecule has 1 aromatic heterocycles. The molecule has 2 heterocycles. The molecule has 1 aromatic rings. The highest BCUT2D eigenvalue weighted by molar-refractivity contribution is 5.36. The SMILES string of the molecule is C=C/C=C(\C=C)C(C)c1cnc(N2CCNCC2)nc1.CC. The van der Waals surface area contributed by atoms with Crippen LogP contribution in [0.4, 0.5) is 5.95 Å². The average molecular weight is 300 g/mol. The predicted octanol–water partition coefficient (Wildman–Crippen LogP) is 3.31. The summed E-state index contributed by atoms with van der Waals surface area (Å²) in [6.07, 6.45) is 9.44. The van der Waals surface area contributed by atoms with Gasteiger partial charge in [0.15, 0.2) is 0 Å². The van der Waals surface area contributed by atoms with Crippen molar-refractivity contribution in [1.82, 2.24) is 15.3 Å². The van der Waals surface area contributed by atoms with Crippen LogP contribution < -0.4 is 10.2 Å². The van der Waals surface area contributed by atoms with Crippen molar-refractivity contribution in [2.75, 3.05) is 31.1 Å². The minimum Gasteiger partial charge on any atom is -0.338 e. The van der Waals surface area contributed by atoms with Crippen molar-refractivity contribution in [3.8, 4) is 0 Å². The van der Waals surface area contributed by atoms with Gasteiger partial charge in [0.05, 0.1) is 0 Å². The summed E-state index contributed by atoms with van der Waals surface area (Å²) >= 11 is 0. The van der Waals surface area contributed by atoms with Crippen LogP contribution in [0.15, 0.2) is 49.4 Å². The van der Waals surface area contributed by atoms with Crippen molar-refractivity contribution in [2.24, 2.45) is 0 Å². The maximum atomic E-state index is 4.50. The Kier molecular flexibility index (Phi) is 8.15. The van der Waals surface area contributed by atoms with Crippen molar-refractivity contribution in [3.05, 3.63) is 54.9 Å². The fourth-order valence-electron chi connectivity index (χ4n) is 2.30. The second-order valence-corrected chi connectivity index (χ2v) is 4.88. The predicted molar refractivity (Wildman–Crippen MR) is 95.4 cm³/mol. The topological polar surface area (TPSA) is 41.1 Å². The van der Waals surface area contributed by atoms with Gasteiger partial charge in [0.25, 0.3) is 0 Å². The Labute approximate surface area is 134 Å². The normalized spacial score (nSPS) is 16.3. The van der Waals surface area contributed by atoms with E-state index in [9.17, 15) is 0 Å². The van der Waals surface area contributed by atoms with E-state index in [1.807, 2.05) is 38.4 Å². The zero-order valence-electron chi connectivity index (χ0n) is 14.0. The van der Waals surface area contributed by atoms with E-state index in [2.05, 4.69) is 40.3 Å². The number of hydrogen-bond acceptors (Lipinski definition) is 4. The number of nitrogens with zero attached hydrogens (tertiary/aromatic N) is 3. The highest BCUT2D eigenvalue weighted by Gasteiger charge is 2.14. The van der Waals surface area contributed by atoms with Gasteiger partial charge in [0, 0.05) is 44.5 Å². The summed E-state index contributed by atoms with van der Waals surface area (Å²) in [5, 5.41) is 3.33. The molecule has 0 saturated carbocycles. The summed E-state index contributed by atoms with van der Waals surface area (Å²) in [5.41, 5.74) is 2.22. The van der Waals surface area contributed by atoms with Crippen LogP contribution in [0.25, 0.3) is 0 Å². The number of rotatable bonds is 5. The number of hydrogen-bond donors (Lipinski definition) is 1. The van der Waals surface area contributed by atoms with Crippen molar-refractivity contribution < 1.29 is 0 Å². The van der Waals surface area contributed by atoms with Gasteiger partial charge in [-0.1, -0.05) is 52.2 Å². The van der Waals surface area contributed by atoms with Gasteiger partial charge in [-0.3, -0.25) is 0 Å². The van der Waals surface area contributed by atoms with E-state index < -0.39 is 0 Å². The maximum absolute atomic E-state index is 4.50. The summed E-state index contributed by atoms with van der Waals surface area (Å²) in [6.45, 7) is 17.6. The minimum atomic E-state index is 0.225. The first-order valence-corrected chi connectivity index (χ1v) is 7.99. The van der Waals surface area contributed by atoms with Gasteiger partial charge in [-0.25, -0.2) is 9.97 Å². The Morgan fingerprint density at radius 1 is 1.23 bits per heavy atom. The summed E-state index contributed by atoms with van der Waals surface area (Å²) < 4.78 is 0. The molecule has 0 aromatic carbocycles. The molecular weight excluding hydrogens is 272 g/mol. The standard InChI is InChI=1S/C16H22N4.C2H6/c1-4-6-14(5-2)13(3)15-11-18-16(19-12-15)20-9-7-17-8-10-20;1-2/h4-6,11-13,17H,1-2,7-10H2,3H3;1-2H3/b14-6+;. The molecule has 120 valence electrons. The molecule has 1 unspecified atom stereocenters. The number of aromatic nitrogens is 2. The van der Waals surface area contributed by atoms with Gasteiger partial charge in [-0.05, 0) is 11.1 Å². The Bertz CT molecular complexity index is 484. The van der Waals surface area contributed by atoms with Gasteiger partial charge in [0.1, 0.15) is 0 Å².